The molecule has 2 aromatic carbocycles. The van der Waals surface area contributed by atoms with Crippen molar-refractivity contribution in [2.45, 2.75) is 18.9 Å². The van der Waals surface area contributed by atoms with Gasteiger partial charge in [0.25, 0.3) is 0 Å². The van der Waals surface area contributed by atoms with Gasteiger partial charge in [0.1, 0.15) is 0 Å². The van der Waals surface area contributed by atoms with Gasteiger partial charge in [0.05, 0.1) is 7.11 Å². The second kappa shape index (κ2) is 7.30. The minimum absolute atomic E-state index is 0.255. The van der Waals surface area contributed by atoms with Crippen molar-refractivity contribution >= 4 is 16.5 Å². The number of hydrogen-bond donors (Lipinski definition) is 2. The molecule has 2 N–H and O–H groups in total. The van der Waals surface area contributed by atoms with Crippen LogP contribution in [0.4, 0.5) is 10.1 Å². The van der Waals surface area contributed by atoms with Gasteiger partial charge < -0.3 is 15.4 Å². The number of pyridine rings is 1. The van der Waals surface area contributed by atoms with E-state index < -0.39 is 0 Å². The maximum atomic E-state index is 14.8. The fraction of sp³-hybridized carbons (Fsp3) is 0.286. The summed E-state index contributed by atoms with van der Waals surface area (Å²) in [6, 6.07) is 11.6. The van der Waals surface area contributed by atoms with Crippen LogP contribution < -0.4 is 15.4 Å². The fourth-order valence-corrected chi connectivity index (χ4v) is 3.55. The molecule has 0 saturated carbocycles. The normalized spacial score (nSPS) is 15.2. The zero-order valence-electron chi connectivity index (χ0n) is 14.8. The Bertz CT molecular complexity index is 922. The molecule has 5 heteroatoms. The third-order valence-electron chi connectivity index (χ3n) is 4.95. The van der Waals surface area contributed by atoms with Gasteiger partial charge in [0.2, 0.25) is 0 Å². The standard InChI is InChI=1S/C21H22FN3O/c1-26-20-4-2-3-17(21(20)22)15-11-14-5-8-24-13-18(14)19(12-15)25-16-6-9-23-10-7-16/h2-5,8,11-13,16,23,25H,6-7,9-10H2,1H3. The van der Waals surface area contributed by atoms with Crippen molar-refractivity contribution in [3.05, 3.63) is 54.6 Å². The highest BCUT2D eigenvalue weighted by molar-refractivity contribution is 5.97. The van der Waals surface area contributed by atoms with E-state index in [1.807, 2.05) is 30.5 Å². The molecule has 1 aliphatic rings. The largest absolute Gasteiger partial charge is 0.494 e. The molecule has 0 aliphatic carbocycles. The van der Waals surface area contributed by atoms with Crippen molar-refractivity contribution in [2.24, 2.45) is 0 Å². The number of nitrogens with one attached hydrogen (secondary N) is 2. The lowest BCUT2D eigenvalue weighted by Crippen LogP contribution is -2.35. The Hall–Kier alpha value is -2.66. The van der Waals surface area contributed by atoms with Crippen LogP contribution in [0.3, 0.4) is 0 Å². The smallest absolute Gasteiger partial charge is 0.172 e. The maximum Gasteiger partial charge on any atom is 0.172 e. The minimum atomic E-state index is -0.337. The Labute approximate surface area is 152 Å². The lowest BCUT2D eigenvalue weighted by molar-refractivity contribution is 0.387. The molecule has 0 spiro atoms. The lowest BCUT2D eigenvalue weighted by atomic mass is 9.98. The van der Waals surface area contributed by atoms with Crippen LogP contribution in [0.25, 0.3) is 21.9 Å². The van der Waals surface area contributed by atoms with Crippen LogP contribution in [0.5, 0.6) is 5.75 Å². The van der Waals surface area contributed by atoms with E-state index in [1.165, 1.54) is 7.11 Å². The highest BCUT2D eigenvalue weighted by Gasteiger charge is 2.16. The van der Waals surface area contributed by atoms with Gasteiger partial charge in [-0.25, -0.2) is 4.39 Å². The van der Waals surface area contributed by atoms with Crippen LogP contribution in [0, 0.1) is 5.82 Å². The summed E-state index contributed by atoms with van der Waals surface area (Å²) in [5, 5.41) is 9.12. The van der Waals surface area contributed by atoms with Gasteiger partial charge in [-0.1, -0.05) is 12.1 Å². The number of anilines is 1. The molecule has 1 saturated heterocycles. The number of rotatable bonds is 4. The number of hydrogen-bond acceptors (Lipinski definition) is 4. The first kappa shape index (κ1) is 16.8. The molecule has 134 valence electrons. The molecule has 2 heterocycles. The molecule has 4 rings (SSSR count). The van der Waals surface area contributed by atoms with Crippen molar-refractivity contribution in [1.82, 2.24) is 10.3 Å². The molecular formula is C21H22FN3O. The highest BCUT2D eigenvalue weighted by atomic mass is 19.1. The van der Waals surface area contributed by atoms with Crippen molar-refractivity contribution in [3.8, 4) is 16.9 Å². The monoisotopic (exact) mass is 351 g/mol. The Kier molecular flexibility index (Phi) is 4.71. The SMILES string of the molecule is COc1cccc(-c2cc(NC3CCNCC3)c3cnccc3c2)c1F. The van der Waals surface area contributed by atoms with Gasteiger partial charge in [0.15, 0.2) is 11.6 Å². The number of aromatic nitrogens is 1. The number of nitrogens with zero attached hydrogens (tertiary/aromatic N) is 1. The highest BCUT2D eigenvalue weighted by Crippen LogP contribution is 2.35. The van der Waals surface area contributed by atoms with Crippen molar-refractivity contribution in [3.63, 3.8) is 0 Å². The van der Waals surface area contributed by atoms with E-state index in [4.69, 9.17) is 4.74 Å². The maximum absolute atomic E-state index is 14.8. The second-order valence-electron chi connectivity index (χ2n) is 6.61. The number of benzene rings is 2. The number of halogens is 1. The summed E-state index contributed by atoms with van der Waals surface area (Å²) in [4.78, 5) is 4.27. The summed E-state index contributed by atoms with van der Waals surface area (Å²) < 4.78 is 19.9. The molecule has 1 fully saturated rings. The van der Waals surface area contributed by atoms with Gasteiger partial charge in [-0.05, 0) is 61.1 Å². The van der Waals surface area contributed by atoms with E-state index in [0.717, 1.165) is 48.0 Å². The van der Waals surface area contributed by atoms with Crippen LogP contribution in [0.1, 0.15) is 12.8 Å². The summed E-state index contributed by atoms with van der Waals surface area (Å²) in [5.74, 6) is -0.0820. The molecule has 3 aromatic rings. The summed E-state index contributed by atoms with van der Waals surface area (Å²) in [6.07, 6.45) is 5.77. The van der Waals surface area contributed by atoms with Crippen LogP contribution >= 0.6 is 0 Å². The van der Waals surface area contributed by atoms with Crippen LogP contribution in [-0.2, 0) is 0 Å². The van der Waals surface area contributed by atoms with Crippen molar-refractivity contribution in [2.75, 3.05) is 25.5 Å². The van der Waals surface area contributed by atoms with Crippen LogP contribution in [0.2, 0.25) is 0 Å². The number of methoxy groups -OCH3 is 1. The first-order valence-electron chi connectivity index (χ1n) is 8.94. The molecule has 4 nitrogen and oxygen atoms in total. The quantitative estimate of drug-likeness (QED) is 0.739. The molecule has 0 unspecified atom stereocenters. The number of piperidine rings is 1. The van der Waals surface area contributed by atoms with E-state index in [9.17, 15) is 4.39 Å². The zero-order chi connectivity index (χ0) is 17.9. The molecule has 1 aliphatic heterocycles. The third kappa shape index (κ3) is 3.22. The summed E-state index contributed by atoms with van der Waals surface area (Å²) in [7, 11) is 1.48. The Morgan fingerprint density at radius 2 is 2.04 bits per heavy atom. The summed E-state index contributed by atoms with van der Waals surface area (Å²) in [6.45, 7) is 2.02. The molecule has 26 heavy (non-hydrogen) atoms. The molecule has 0 amide bonds. The van der Waals surface area contributed by atoms with E-state index in [2.05, 4.69) is 15.6 Å². The predicted molar refractivity (Wildman–Crippen MR) is 103 cm³/mol. The molecule has 0 bridgehead atoms. The average molecular weight is 351 g/mol. The Morgan fingerprint density at radius 3 is 2.85 bits per heavy atom. The van der Waals surface area contributed by atoms with Crippen molar-refractivity contribution < 1.29 is 9.13 Å². The topological polar surface area (TPSA) is 46.2 Å². The fourth-order valence-electron chi connectivity index (χ4n) is 3.55. The van der Waals surface area contributed by atoms with Gasteiger partial charge in [-0.15, -0.1) is 0 Å². The van der Waals surface area contributed by atoms with E-state index >= 15 is 0 Å². The Morgan fingerprint density at radius 1 is 1.19 bits per heavy atom. The zero-order valence-corrected chi connectivity index (χ0v) is 14.8. The molecular weight excluding hydrogens is 329 g/mol. The van der Waals surface area contributed by atoms with Crippen LogP contribution in [0.15, 0.2) is 48.8 Å². The van der Waals surface area contributed by atoms with Gasteiger partial charge in [-0.3, -0.25) is 4.98 Å². The predicted octanol–water partition coefficient (Wildman–Crippen LogP) is 4.21. The lowest BCUT2D eigenvalue weighted by Gasteiger charge is -2.25. The number of ether oxygens (including phenoxy) is 1. The molecule has 0 atom stereocenters. The van der Waals surface area contributed by atoms with Gasteiger partial charge in [-0.2, -0.15) is 0 Å². The van der Waals surface area contributed by atoms with Gasteiger partial charge >= 0.3 is 0 Å². The number of fused-ring (bicyclic) bond motifs is 1. The minimum Gasteiger partial charge on any atom is -0.494 e. The van der Waals surface area contributed by atoms with Gasteiger partial charge in [0, 0.05) is 35.1 Å². The van der Waals surface area contributed by atoms with E-state index in [1.54, 1.807) is 18.3 Å². The van der Waals surface area contributed by atoms with E-state index in [0.29, 0.717) is 11.6 Å². The summed E-state index contributed by atoms with van der Waals surface area (Å²) in [5.41, 5.74) is 2.37. The second-order valence-corrected chi connectivity index (χ2v) is 6.61. The Balaban J connectivity index is 1.81. The van der Waals surface area contributed by atoms with Crippen LogP contribution in [-0.4, -0.2) is 31.2 Å². The third-order valence-corrected chi connectivity index (χ3v) is 4.95. The van der Waals surface area contributed by atoms with E-state index in [-0.39, 0.29) is 11.6 Å². The molecule has 0 radical (unpaired) electrons. The first-order chi connectivity index (χ1) is 12.8. The van der Waals surface area contributed by atoms with Crippen molar-refractivity contribution in [1.29, 1.82) is 0 Å². The molecule has 1 aromatic heterocycles. The average Bonchev–Trinajstić information content (AvgIpc) is 2.69. The summed E-state index contributed by atoms with van der Waals surface area (Å²) >= 11 is 0. The first-order valence-corrected chi connectivity index (χ1v) is 8.94.